The van der Waals surface area contributed by atoms with Gasteiger partial charge >= 0.3 is 5.69 Å². The number of rotatable bonds is 4. The fourth-order valence-corrected chi connectivity index (χ4v) is 5.54. The van der Waals surface area contributed by atoms with Crippen molar-refractivity contribution >= 4 is 44.2 Å². The lowest BCUT2D eigenvalue weighted by atomic mass is 9.95. The molecule has 7 nitrogen and oxygen atoms in total. The number of aromatic nitrogens is 4. The van der Waals surface area contributed by atoms with Crippen molar-refractivity contribution in [1.29, 1.82) is 0 Å². The van der Waals surface area contributed by atoms with E-state index in [1.165, 1.54) is 16.1 Å². The van der Waals surface area contributed by atoms with Gasteiger partial charge in [-0.1, -0.05) is 19.3 Å². The van der Waals surface area contributed by atoms with E-state index in [1.807, 2.05) is 4.57 Å². The van der Waals surface area contributed by atoms with Gasteiger partial charge in [-0.3, -0.25) is 9.13 Å². The van der Waals surface area contributed by atoms with Gasteiger partial charge in [0, 0.05) is 23.9 Å². The van der Waals surface area contributed by atoms with E-state index in [1.54, 1.807) is 35.2 Å². The van der Waals surface area contributed by atoms with Crippen LogP contribution in [-0.4, -0.2) is 32.8 Å². The molecule has 0 radical (unpaired) electrons. The van der Waals surface area contributed by atoms with E-state index in [0.717, 1.165) is 49.3 Å². The van der Waals surface area contributed by atoms with Gasteiger partial charge in [-0.2, -0.15) is 0 Å². The van der Waals surface area contributed by atoms with Crippen LogP contribution in [0.2, 0.25) is 0 Å². The van der Waals surface area contributed by atoms with E-state index >= 15 is 0 Å². The molecule has 3 aromatic heterocycles. The van der Waals surface area contributed by atoms with Crippen molar-refractivity contribution in [2.24, 2.45) is 0 Å². The van der Waals surface area contributed by atoms with Crippen molar-refractivity contribution in [2.45, 2.75) is 43.0 Å². The molecule has 0 saturated heterocycles. The lowest BCUT2D eigenvalue weighted by Gasteiger charge is -2.23. The zero-order valence-corrected chi connectivity index (χ0v) is 18.5. The zero-order chi connectivity index (χ0) is 21.8. The van der Waals surface area contributed by atoms with Crippen LogP contribution >= 0.6 is 12.3 Å². The Morgan fingerprint density at radius 1 is 1.10 bits per heavy atom. The molecule has 4 aromatic rings. The van der Waals surface area contributed by atoms with Gasteiger partial charge in [0.1, 0.15) is 0 Å². The van der Waals surface area contributed by atoms with Crippen LogP contribution < -0.4 is 5.69 Å². The van der Waals surface area contributed by atoms with Gasteiger partial charge in [0.15, 0.2) is 27.8 Å². The van der Waals surface area contributed by atoms with Crippen molar-refractivity contribution in [3.63, 3.8) is 0 Å². The SMILES string of the molecule is CS(=O)(=O)c1ccc(-n2c(=O)n(C3CCCCC3)c3c4ccn(SF)c4ncc32)cc1. The number of nitrogens with zero attached hydrogens (tertiary/aromatic N) is 4. The largest absolute Gasteiger partial charge is 0.334 e. The van der Waals surface area contributed by atoms with Crippen LogP contribution in [0.15, 0.2) is 52.4 Å². The lowest BCUT2D eigenvalue weighted by Crippen LogP contribution is -2.28. The molecule has 31 heavy (non-hydrogen) atoms. The van der Waals surface area contributed by atoms with E-state index in [0.29, 0.717) is 16.9 Å². The normalized spacial score (nSPS) is 15.8. The van der Waals surface area contributed by atoms with Gasteiger partial charge in [0.25, 0.3) is 0 Å². The first-order chi connectivity index (χ1) is 14.9. The van der Waals surface area contributed by atoms with E-state index in [2.05, 4.69) is 4.98 Å². The maximum absolute atomic E-state index is 13.7. The molecule has 0 unspecified atom stereocenters. The maximum atomic E-state index is 13.7. The van der Waals surface area contributed by atoms with Crippen LogP contribution in [0.5, 0.6) is 0 Å². The molecule has 0 atom stereocenters. The second kappa shape index (κ2) is 7.52. The molecule has 3 heterocycles. The summed E-state index contributed by atoms with van der Waals surface area (Å²) in [5, 5.41) is 0.719. The number of fused-ring (bicyclic) bond motifs is 3. The third kappa shape index (κ3) is 3.28. The molecule has 10 heteroatoms. The zero-order valence-electron chi connectivity index (χ0n) is 16.9. The molecule has 5 rings (SSSR count). The number of pyridine rings is 1. The molecule has 0 amide bonds. The van der Waals surface area contributed by atoms with Gasteiger partial charge in [-0.25, -0.2) is 22.2 Å². The molecule has 0 aliphatic heterocycles. The third-order valence-electron chi connectivity index (χ3n) is 6.05. The van der Waals surface area contributed by atoms with E-state index < -0.39 is 9.84 Å². The van der Waals surface area contributed by atoms with Crippen LogP contribution in [0.25, 0.3) is 27.8 Å². The number of halogens is 1. The minimum absolute atomic E-state index is 0.0623. The first-order valence-corrected chi connectivity index (χ1v) is 12.7. The molecule has 1 saturated carbocycles. The van der Waals surface area contributed by atoms with Crippen molar-refractivity contribution in [1.82, 2.24) is 18.1 Å². The van der Waals surface area contributed by atoms with Gasteiger partial charge in [0.2, 0.25) is 0 Å². The average Bonchev–Trinajstić information content (AvgIpc) is 3.31. The van der Waals surface area contributed by atoms with Crippen LogP contribution in [-0.2, 0) is 9.84 Å². The van der Waals surface area contributed by atoms with Crippen molar-refractivity contribution in [3.8, 4) is 5.69 Å². The first kappa shape index (κ1) is 20.3. The Kier molecular flexibility index (Phi) is 4.93. The maximum Gasteiger partial charge on any atom is 0.334 e. The number of imidazole rings is 1. The molecule has 0 spiro atoms. The van der Waals surface area contributed by atoms with E-state index in [4.69, 9.17) is 0 Å². The Hall–Kier alpha value is -2.59. The molecule has 0 N–H and O–H groups in total. The lowest BCUT2D eigenvalue weighted by molar-refractivity contribution is 0.352. The summed E-state index contributed by atoms with van der Waals surface area (Å²) in [6.45, 7) is 0. The highest BCUT2D eigenvalue weighted by Crippen LogP contribution is 2.34. The third-order valence-corrected chi connectivity index (χ3v) is 7.62. The van der Waals surface area contributed by atoms with Crippen LogP contribution in [0, 0.1) is 0 Å². The standard InChI is InChI=1S/C21H21FN4O3S2/c1-31(28,29)16-9-7-15(8-10-16)25-18-13-23-20-17(11-12-24(20)30-22)19(18)26(21(25)27)14-5-3-2-4-6-14/h7-14H,2-6H2,1H3. The molecule has 1 fully saturated rings. The van der Waals surface area contributed by atoms with Crippen molar-refractivity contribution in [2.75, 3.05) is 6.26 Å². The van der Waals surface area contributed by atoms with Gasteiger partial charge < -0.3 is 0 Å². The molecule has 1 aliphatic carbocycles. The predicted octanol–water partition coefficient (Wildman–Crippen LogP) is 4.43. The highest BCUT2D eigenvalue weighted by molar-refractivity contribution is 7.92. The van der Waals surface area contributed by atoms with Crippen molar-refractivity contribution < 1.29 is 12.3 Å². The minimum atomic E-state index is -3.34. The predicted molar refractivity (Wildman–Crippen MR) is 120 cm³/mol. The van der Waals surface area contributed by atoms with Gasteiger partial charge in [-0.15, -0.1) is 3.89 Å². The number of hydrogen-bond donors (Lipinski definition) is 0. The number of benzene rings is 1. The quantitative estimate of drug-likeness (QED) is 0.450. The Labute approximate surface area is 182 Å². The Morgan fingerprint density at radius 2 is 1.81 bits per heavy atom. The first-order valence-electron chi connectivity index (χ1n) is 10.1. The monoisotopic (exact) mass is 460 g/mol. The molecule has 0 bridgehead atoms. The van der Waals surface area contributed by atoms with E-state index in [9.17, 15) is 17.1 Å². The van der Waals surface area contributed by atoms with Crippen LogP contribution in [0.4, 0.5) is 3.89 Å². The summed E-state index contributed by atoms with van der Waals surface area (Å²) in [7, 11) is -3.34. The van der Waals surface area contributed by atoms with Crippen LogP contribution in [0.1, 0.15) is 38.1 Å². The fraction of sp³-hybridized carbons (Fsp3) is 0.333. The van der Waals surface area contributed by atoms with Gasteiger partial charge in [0.05, 0.1) is 27.8 Å². The fourth-order valence-electron chi connectivity index (χ4n) is 4.59. The van der Waals surface area contributed by atoms with Gasteiger partial charge in [-0.05, 0) is 43.2 Å². The molecule has 162 valence electrons. The summed E-state index contributed by atoms with van der Waals surface area (Å²) in [6.07, 6.45) is 9.44. The number of hydrogen-bond acceptors (Lipinski definition) is 5. The molecular weight excluding hydrogens is 439 g/mol. The summed E-state index contributed by atoms with van der Waals surface area (Å²) < 4.78 is 41.7. The molecule has 1 aliphatic rings. The highest BCUT2D eigenvalue weighted by Gasteiger charge is 2.25. The molecular formula is C21H21FN4O3S2. The second-order valence-corrected chi connectivity index (χ2v) is 10.5. The van der Waals surface area contributed by atoms with E-state index in [-0.39, 0.29) is 29.0 Å². The Balaban J connectivity index is 1.81. The molecule has 1 aromatic carbocycles. The summed E-state index contributed by atoms with van der Waals surface area (Å²) in [6, 6.07) is 8.12. The van der Waals surface area contributed by atoms with Crippen molar-refractivity contribution in [3.05, 3.63) is 53.2 Å². The summed E-state index contributed by atoms with van der Waals surface area (Å²) >= 11 is 0.0693. The second-order valence-electron chi connectivity index (χ2n) is 7.99. The smallest absolute Gasteiger partial charge is 0.288 e. The number of sulfone groups is 1. The highest BCUT2D eigenvalue weighted by atomic mass is 32.2. The minimum Gasteiger partial charge on any atom is -0.288 e. The summed E-state index contributed by atoms with van der Waals surface area (Å²) in [5.41, 5.74) is 2.20. The Bertz CT molecular complexity index is 1450. The van der Waals surface area contributed by atoms with Crippen LogP contribution in [0.3, 0.4) is 0 Å². The summed E-state index contributed by atoms with van der Waals surface area (Å²) in [4.78, 5) is 18.3. The summed E-state index contributed by atoms with van der Waals surface area (Å²) in [5.74, 6) is 0. The average molecular weight is 461 g/mol. The topological polar surface area (TPSA) is 78.9 Å². The Morgan fingerprint density at radius 3 is 2.45 bits per heavy atom.